The molecule has 5 nitrogen and oxygen atoms in total. The van der Waals surface area contributed by atoms with Gasteiger partial charge in [0.05, 0.1) is 13.2 Å². The third kappa shape index (κ3) is 4.98. The topological polar surface area (TPSA) is 44.8 Å². The highest BCUT2D eigenvalue weighted by atomic mass is 16.5. The van der Waals surface area contributed by atoms with E-state index in [1.807, 2.05) is 11.9 Å². The van der Waals surface area contributed by atoms with E-state index in [2.05, 4.69) is 41.4 Å². The molecule has 0 aliphatic carbocycles. The van der Waals surface area contributed by atoms with Crippen molar-refractivity contribution in [3.8, 4) is 0 Å². The van der Waals surface area contributed by atoms with E-state index in [4.69, 9.17) is 4.74 Å². The Hall–Kier alpha value is -1.59. The lowest BCUT2D eigenvalue weighted by molar-refractivity contribution is -0.131. The number of para-hydroxylation sites is 1. The van der Waals surface area contributed by atoms with Crippen molar-refractivity contribution in [1.29, 1.82) is 0 Å². The van der Waals surface area contributed by atoms with Crippen LogP contribution in [0.25, 0.3) is 0 Å². The van der Waals surface area contributed by atoms with Crippen molar-refractivity contribution in [2.75, 3.05) is 51.3 Å². The van der Waals surface area contributed by atoms with Gasteiger partial charge in [-0.1, -0.05) is 25.1 Å². The standard InChI is InChI=1S/C21H33N3O2/c1-17(18-7-5-9-22-15-18)14-21(25)23(2)16-19-6-3-4-8-20(19)24-10-12-26-13-11-24/h3-4,6,8,17-18,22H,5,7,9-16H2,1-2H3. The van der Waals surface area contributed by atoms with E-state index in [1.54, 1.807) is 0 Å². The summed E-state index contributed by atoms with van der Waals surface area (Å²) in [5, 5.41) is 3.46. The number of hydrogen-bond donors (Lipinski definition) is 1. The van der Waals surface area contributed by atoms with Crippen LogP contribution in [0.15, 0.2) is 24.3 Å². The van der Waals surface area contributed by atoms with Crippen LogP contribution in [0.3, 0.4) is 0 Å². The number of carbonyl (C=O) groups excluding carboxylic acids is 1. The van der Waals surface area contributed by atoms with E-state index >= 15 is 0 Å². The number of amides is 1. The van der Waals surface area contributed by atoms with Crippen LogP contribution in [0.5, 0.6) is 0 Å². The predicted octanol–water partition coefficient (Wildman–Crippen LogP) is 2.51. The van der Waals surface area contributed by atoms with E-state index in [9.17, 15) is 4.79 Å². The molecule has 2 atom stereocenters. The predicted molar refractivity (Wildman–Crippen MR) is 105 cm³/mol. The van der Waals surface area contributed by atoms with E-state index in [0.717, 1.165) is 39.4 Å². The van der Waals surface area contributed by atoms with Gasteiger partial charge in [0.25, 0.3) is 0 Å². The largest absolute Gasteiger partial charge is 0.378 e. The van der Waals surface area contributed by atoms with Crippen LogP contribution in [-0.4, -0.2) is 57.2 Å². The van der Waals surface area contributed by atoms with Crippen molar-refractivity contribution in [3.63, 3.8) is 0 Å². The number of rotatable bonds is 6. The zero-order chi connectivity index (χ0) is 18.4. The Morgan fingerprint density at radius 2 is 2.12 bits per heavy atom. The van der Waals surface area contributed by atoms with Crippen molar-refractivity contribution in [2.45, 2.75) is 32.7 Å². The van der Waals surface area contributed by atoms with Crippen LogP contribution in [0, 0.1) is 11.8 Å². The molecule has 2 aliphatic heterocycles. The Morgan fingerprint density at radius 1 is 1.35 bits per heavy atom. The first kappa shape index (κ1) is 19.2. The molecular weight excluding hydrogens is 326 g/mol. The second kappa shape index (κ2) is 9.38. The van der Waals surface area contributed by atoms with Gasteiger partial charge in [-0.05, 0) is 49.4 Å². The molecule has 1 N–H and O–H groups in total. The molecule has 0 bridgehead atoms. The Labute approximate surface area is 157 Å². The molecule has 0 saturated carbocycles. The van der Waals surface area contributed by atoms with Crippen LogP contribution in [-0.2, 0) is 16.1 Å². The maximum absolute atomic E-state index is 12.8. The quantitative estimate of drug-likeness (QED) is 0.848. The second-order valence-electron chi connectivity index (χ2n) is 7.77. The van der Waals surface area contributed by atoms with Gasteiger partial charge in [0.1, 0.15) is 0 Å². The van der Waals surface area contributed by atoms with Crippen LogP contribution in [0.1, 0.15) is 31.7 Å². The number of anilines is 1. The summed E-state index contributed by atoms with van der Waals surface area (Å²) in [4.78, 5) is 17.0. The molecule has 2 heterocycles. The lowest BCUT2D eigenvalue weighted by Gasteiger charge is -2.32. The second-order valence-corrected chi connectivity index (χ2v) is 7.77. The van der Waals surface area contributed by atoms with Crippen LogP contribution >= 0.6 is 0 Å². The molecule has 2 aliphatic rings. The zero-order valence-electron chi connectivity index (χ0n) is 16.2. The smallest absolute Gasteiger partial charge is 0.222 e. The van der Waals surface area contributed by atoms with E-state index in [0.29, 0.717) is 24.8 Å². The van der Waals surface area contributed by atoms with Gasteiger partial charge in [0, 0.05) is 38.8 Å². The first-order valence-corrected chi connectivity index (χ1v) is 10.0. The molecular formula is C21H33N3O2. The molecule has 2 fully saturated rings. The third-order valence-electron chi connectivity index (χ3n) is 5.81. The molecule has 1 aromatic carbocycles. The molecule has 1 aromatic rings. The molecule has 0 radical (unpaired) electrons. The number of nitrogens with zero attached hydrogens (tertiary/aromatic N) is 2. The Morgan fingerprint density at radius 3 is 2.85 bits per heavy atom. The van der Waals surface area contributed by atoms with E-state index in [1.165, 1.54) is 24.1 Å². The van der Waals surface area contributed by atoms with Crippen molar-refractivity contribution < 1.29 is 9.53 Å². The van der Waals surface area contributed by atoms with Gasteiger partial charge in [0.15, 0.2) is 0 Å². The fourth-order valence-corrected chi connectivity index (χ4v) is 4.06. The molecule has 3 rings (SSSR count). The van der Waals surface area contributed by atoms with Gasteiger partial charge in [-0.3, -0.25) is 4.79 Å². The molecule has 144 valence electrons. The summed E-state index contributed by atoms with van der Waals surface area (Å²) in [6.45, 7) is 8.45. The van der Waals surface area contributed by atoms with Gasteiger partial charge in [-0.25, -0.2) is 0 Å². The summed E-state index contributed by atoms with van der Waals surface area (Å²) in [7, 11) is 1.93. The number of piperidine rings is 1. The third-order valence-corrected chi connectivity index (χ3v) is 5.81. The Bertz CT molecular complexity index is 580. The Balaban J connectivity index is 1.58. The summed E-state index contributed by atoms with van der Waals surface area (Å²) in [5.41, 5.74) is 2.46. The normalized spacial score (nSPS) is 22.1. The summed E-state index contributed by atoms with van der Waals surface area (Å²) < 4.78 is 5.47. The van der Waals surface area contributed by atoms with Crippen LogP contribution in [0.4, 0.5) is 5.69 Å². The molecule has 0 aromatic heterocycles. The fraction of sp³-hybridized carbons (Fsp3) is 0.667. The zero-order valence-corrected chi connectivity index (χ0v) is 16.2. The van der Waals surface area contributed by atoms with Crippen LogP contribution in [0.2, 0.25) is 0 Å². The Kier molecular flexibility index (Phi) is 6.92. The van der Waals surface area contributed by atoms with E-state index in [-0.39, 0.29) is 5.91 Å². The molecule has 1 amide bonds. The molecule has 26 heavy (non-hydrogen) atoms. The summed E-state index contributed by atoms with van der Waals surface area (Å²) >= 11 is 0. The number of carbonyl (C=O) groups is 1. The maximum Gasteiger partial charge on any atom is 0.222 e. The number of hydrogen-bond acceptors (Lipinski definition) is 4. The molecule has 2 unspecified atom stereocenters. The van der Waals surface area contributed by atoms with Gasteiger partial charge in [-0.2, -0.15) is 0 Å². The van der Waals surface area contributed by atoms with Crippen LogP contribution < -0.4 is 10.2 Å². The van der Waals surface area contributed by atoms with Crippen molar-refractivity contribution >= 4 is 11.6 Å². The fourth-order valence-electron chi connectivity index (χ4n) is 4.06. The van der Waals surface area contributed by atoms with Gasteiger partial charge in [0.2, 0.25) is 5.91 Å². The lowest BCUT2D eigenvalue weighted by atomic mass is 9.85. The van der Waals surface area contributed by atoms with Gasteiger partial charge in [-0.15, -0.1) is 0 Å². The average Bonchev–Trinajstić information content (AvgIpc) is 2.69. The highest BCUT2D eigenvalue weighted by Crippen LogP contribution is 2.25. The number of nitrogens with one attached hydrogen (secondary N) is 1. The number of morpholine rings is 1. The highest BCUT2D eigenvalue weighted by Gasteiger charge is 2.24. The first-order chi connectivity index (χ1) is 12.6. The minimum Gasteiger partial charge on any atom is -0.378 e. The van der Waals surface area contributed by atoms with Gasteiger partial charge >= 0.3 is 0 Å². The van der Waals surface area contributed by atoms with Crippen molar-refractivity contribution in [2.24, 2.45) is 11.8 Å². The molecule has 5 heteroatoms. The summed E-state index contributed by atoms with van der Waals surface area (Å²) in [6.07, 6.45) is 3.11. The summed E-state index contributed by atoms with van der Waals surface area (Å²) in [5.74, 6) is 1.31. The van der Waals surface area contributed by atoms with E-state index < -0.39 is 0 Å². The first-order valence-electron chi connectivity index (χ1n) is 10.0. The monoisotopic (exact) mass is 359 g/mol. The minimum absolute atomic E-state index is 0.250. The van der Waals surface area contributed by atoms with Crippen molar-refractivity contribution in [1.82, 2.24) is 10.2 Å². The number of benzene rings is 1. The average molecular weight is 360 g/mol. The minimum atomic E-state index is 0.250. The lowest BCUT2D eigenvalue weighted by Crippen LogP contribution is -2.38. The SMILES string of the molecule is CC(CC(=O)N(C)Cc1ccccc1N1CCOCC1)C1CCCNC1. The molecule has 2 saturated heterocycles. The van der Waals surface area contributed by atoms with Crippen molar-refractivity contribution in [3.05, 3.63) is 29.8 Å². The summed E-state index contributed by atoms with van der Waals surface area (Å²) in [6, 6.07) is 8.44. The maximum atomic E-state index is 12.8. The van der Waals surface area contributed by atoms with Gasteiger partial charge < -0.3 is 19.9 Å². The number of ether oxygens (including phenoxy) is 1. The molecule has 0 spiro atoms. The highest BCUT2D eigenvalue weighted by molar-refractivity contribution is 5.76.